The third-order valence-corrected chi connectivity index (χ3v) is 4.44. The van der Waals surface area contributed by atoms with Crippen LogP contribution < -0.4 is 5.73 Å². The van der Waals surface area contributed by atoms with E-state index in [2.05, 4.69) is 0 Å². The summed E-state index contributed by atoms with van der Waals surface area (Å²) < 4.78 is 5.74. The van der Waals surface area contributed by atoms with Crippen molar-refractivity contribution >= 4 is 29.1 Å². The van der Waals surface area contributed by atoms with E-state index in [0.717, 1.165) is 5.56 Å². The Labute approximate surface area is 135 Å². The first kappa shape index (κ1) is 16.6. The second kappa shape index (κ2) is 6.97. The summed E-state index contributed by atoms with van der Waals surface area (Å²) in [6, 6.07) is 4.92. The highest BCUT2D eigenvalue weighted by molar-refractivity contribution is 6.42. The van der Waals surface area contributed by atoms with Crippen LogP contribution in [0, 0.1) is 5.92 Å². The van der Waals surface area contributed by atoms with E-state index >= 15 is 0 Å². The van der Waals surface area contributed by atoms with Crippen LogP contribution in [0.4, 0.5) is 0 Å². The lowest BCUT2D eigenvalue weighted by atomic mass is 10.0. The van der Waals surface area contributed by atoms with Gasteiger partial charge in [0.15, 0.2) is 0 Å². The summed E-state index contributed by atoms with van der Waals surface area (Å²) >= 11 is 12.0. The molecule has 0 radical (unpaired) electrons. The first-order valence-electron chi connectivity index (χ1n) is 7.01. The summed E-state index contributed by atoms with van der Waals surface area (Å²) in [6.07, 6.45) is -0.197. The molecule has 2 N–H and O–H groups in total. The molecule has 1 fully saturated rings. The van der Waals surface area contributed by atoms with Gasteiger partial charge in [-0.05, 0) is 23.6 Å². The highest BCUT2D eigenvalue weighted by Crippen LogP contribution is 2.29. The van der Waals surface area contributed by atoms with Crippen molar-refractivity contribution in [2.45, 2.75) is 26.0 Å². The number of benzene rings is 1. The van der Waals surface area contributed by atoms with Crippen molar-refractivity contribution in [2.24, 2.45) is 11.7 Å². The molecule has 116 valence electrons. The topological polar surface area (TPSA) is 55.6 Å². The van der Waals surface area contributed by atoms with Gasteiger partial charge in [0.1, 0.15) is 6.10 Å². The summed E-state index contributed by atoms with van der Waals surface area (Å²) in [5.74, 6) is 0.0853. The van der Waals surface area contributed by atoms with Gasteiger partial charge in [0.05, 0.1) is 29.2 Å². The molecule has 1 saturated heterocycles. The number of carbonyl (C=O) groups excluding carboxylic acids is 1. The maximum atomic E-state index is 12.3. The highest BCUT2D eigenvalue weighted by Gasteiger charge is 2.29. The lowest BCUT2D eigenvalue weighted by molar-refractivity contribution is -0.141. The molecule has 0 aliphatic carbocycles. The molecule has 1 aromatic carbocycles. The Morgan fingerprint density at radius 3 is 2.71 bits per heavy atom. The standard InChI is InChI=1S/C15H20Cl2N2O2/c1-9(2)14(18)15(20)19-5-6-21-13(8-19)10-3-4-11(16)12(17)7-10/h3-4,7,9,13-14H,5-6,8,18H2,1-2H3/t13?,14-/m0/s1. The largest absolute Gasteiger partial charge is 0.370 e. The molecule has 0 aromatic heterocycles. The number of carbonyl (C=O) groups is 1. The van der Waals surface area contributed by atoms with E-state index in [1.807, 2.05) is 19.9 Å². The molecule has 21 heavy (non-hydrogen) atoms. The summed E-state index contributed by atoms with van der Waals surface area (Å²) in [5, 5.41) is 0.992. The quantitative estimate of drug-likeness (QED) is 0.927. The molecule has 1 aliphatic rings. The zero-order valence-electron chi connectivity index (χ0n) is 12.2. The second-order valence-electron chi connectivity index (χ2n) is 5.59. The van der Waals surface area contributed by atoms with Crippen LogP contribution in [0.2, 0.25) is 10.0 Å². The minimum absolute atomic E-state index is 0.0293. The zero-order chi connectivity index (χ0) is 15.6. The summed E-state index contributed by atoms with van der Waals surface area (Å²) in [7, 11) is 0. The maximum Gasteiger partial charge on any atom is 0.239 e. The normalized spacial score (nSPS) is 20.7. The van der Waals surface area contributed by atoms with Crippen LogP contribution >= 0.6 is 23.2 Å². The molecule has 1 heterocycles. The van der Waals surface area contributed by atoms with E-state index in [1.54, 1.807) is 17.0 Å². The van der Waals surface area contributed by atoms with Crippen LogP contribution in [0.5, 0.6) is 0 Å². The van der Waals surface area contributed by atoms with Gasteiger partial charge in [-0.3, -0.25) is 4.79 Å². The Hall–Kier alpha value is -0.810. The van der Waals surface area contributed by atoms with Gasteiger partial charge in [-0.1, -0.05) is 43.1 Å². The SMILES string of the molecule is CC(C)[C@H](N)C(=O)N1CCOC(c2ccc(Cl)c(Cl)c2)C1. The van der Waals surface area contributed by atoms with Crippen molar-refractivity contribution in [2.75, 3.05) is 19.7 Å². The van der Waals surface area contributed by atoms with Crippen LogP contribution in [0.1, 0.15) is 25.5 Å². The van der Waals surface area contributed by atoms with Gasteiger partial charge >= 0.3 is 0 Å². The van der Waals surface area contributed by atoms with Gasteiger partial charge < -0.3 is 15.4 Å². The van der Waals surface area contributed by atoms with Crippen LogP contribution in [-0.2, 0) is 9.53 Å². The molecular weight excluding hydrogens is 311 g/mol. The average molecular weight is 331 g/mol. The van der Waals surface area contributed by atoms with Crippen molar-refractivity contribution in [3.8, 4) is 0 Å². The fourth-order valence-corrected chi connectivity index (χ4v) is 2.57. The number of hydrogen-bond acceptors (Lipinski definition) is 3. The van der Waals surface area contributed by atoms with E-state index in [4.69, 9.17) is 33.7 Å². The minimum Gasteiger partial charge on any atom is -0.370 e. The van der Waals surface area contributed by atoms with Crippen molar-refractivity contribution < 1.29 is 9.53 Å². The van der Waals surface area contributed by atoms with Crippen molar-refractivity contribution in [1.82, 2.24) is 4.90 Å². The number of ether oxygens (including phenoxy) is 1. The molecular formula is C15H20Cl2N2O2. The van der Waals surface area contributed by atoms with Crippen LogP contribution in [0.25, 0.3) is 0 Å². The van der Waals surface area contributed by atoms with Gasteiger partial charge in [0, 0.05) is 6.54 Å². The molecule has 0 saturated carbocycles. The Balaban J connectivity index is 2.10. The second-order valence-corrected chi connectivity index (χ2v) is 6.40. The lowest BCUT2D eigenvalue weighted by Crippen LogP contribution is -2.51. The third-order valence-electron chi connectivity index (χ3n) is 3.70. The Bertz CT molecular complexity index is 522. The number of nitrogens with two attached hydrogens (primary N) is 1. The van der Waals surface area contributed by atoms with Crippen LogP contribution in [-0.4, -0.2) is 36.5 Å². The first-order chi connectivity index (χ1) is 9.90. The van der Waals surface area contributed by atoms with Gasteiger partial charge in [-0.2, -0.15) is 0 Å². The molecule has 2 atom stereocenters. The van der Waals surface area contributed by atoms with Gasteiger partial charge in [0.2, 0.25) is 5.91 Å². The molecule has 1 amide bonds. The predicted molar refractivity (Wildman–Crippen MR) is 84.5 cm³/mol. The summed E-state index contributed by atoms with van der Waals surface area (Å²) in [5.41, 5.74) is 6.87. The Morgan fingerprint density at radius 2 is 2.10 bits per heavy atom. The monoisotopic (exact) mass is 330 g/mol. The van der Waals surface area contributed by atoms with E-state index in [-0.39, 0.29) is 17.9 Å². The number of amides is 1. The fourth-order valence-electron chi connectivity index (χ4n) is 2.26. The molecule has 2 rings (SSSR count). The maximum absolute atomic E-state index is 12.3. The Kier molecular flexibility index (Phi) is 5.49. The average Bonchev–Trinajstić information content (AvgIpc) is 2.48. The fraction of sp³-hybridized carbons (Fsp3) is 0.533. The number of nitrogens with zero attached hydrogens (tertiary/aromatic N) is 1. The van der Waals surface area contributed by atoms with E-state index in [9.17, 15) is 4.79 Å². The van der Waals surface area contributed by atoms with Gasteiger partial charge in [-0.25, -0.2) is 0 Å². The van der Waals surface area contributed by atoms with Crippen molar-refractivity contribution in [1.29, 1.82) is 0 Å². The van der Waals surface area contributed by atoms with Gasteiger partial charge in [-0.15, -0.1) is 0 Å². The molecule has 4 nitrogen and oxygen atoms in total. The van der Waals surface area contributed by atoms with Crippen LogP contribution in [0.15, 0.2) is 18.2 Å². The zero-order valence-corrected chi connectivity index (χ0v) is 13.7. The number of halogens is 2. The molecule has 1 aromatic rings. The molecule has 1 aliphatic heterocycles. The van der Waals surface area contributed by atoms with Crippen molar-refractivity contribution in [3.05, 3.63) is 33.8 Å². The first-order valence-corrected chi connectivity index (χ1v) is 7.76. The highest BCUT2D eigenvalue weighted by atomic mass is 35.5. The molecule has 1 unspecified atom stereocenters. The number of rotatable bonds is 3. The Morgan fingerprint density at radius 1 is 1.38 bits per heavy atom. The third kappa shape index (κ3) is 3.89. The smallest absolute Gasteiger partial charge is 0.239 e. The molecule has 0 bridgehead atoms. The molecule has 0 spiro atoms. The summed E-state index contributed by atoms with van der Waals surface area (Å²) in [6.45, 7) is 5.43. The van der Waals surface area contributed by atoms with Crippen molar-refractivity contribution in [3.63, 3.8) is 0 Å². The van der Waals surface area contributed by atoms with Crippen LogP contribution in [0.3, 0.4) is 0 Å². The van der Waals surface area contributed by atoms with E-state index in [1.165, 1.54) is 0 Å². The number of hydrogen-bond donors (Lipinski definition) is 1. The predicted octanol–water partition coefficient (Wildman–Crippen LogP) is 2.88. The lowest BCUT2D eigenvalue weighted by Gasteiger charge is -2.35. The van der Waals surface area contributed by atoms with Gasteiger partial charge in [0.25, 0.3) is 0 Å². The van der Waals surface area contributed by atoms with E-state index < -0.39 is 6.04 Å². The van der Waals surface area contributed by atoms with E-state index in [0.29, 0.717) is 29.7 Å². The molecule has 6 heteroatoms. The summed E-state index contributed by atoms with van der Waals surface area (Å²) in [4.78, 5) is 14.1. The minimum atomic E-state index is -0.474. The number of morpholine rings is 1.